The number of aliphatic hydroxyl groups excluding tert-OH is 1. The van der Waals surface area contributed by atoms with E-state index in [1.807, 2.05) is 36.4 Å². The lowest BCUT2D eigenvalue weighted by molar-refractivity contribution is -0.267. The lowest BCUT2D eigenvalue weighted by atomic mass is 9.85. The predicted molar refractivity (Wildman–Crippen MR) is 569 cm³/mol. The zero-order chi connectivity index (χ0) is 97.7. The Bertz CT molecular complexity index is 3780. The Labute approximate surface area is 827 Å². The molecule has 8 aliphatic heterocycles. The minimum atomic E-state index is -2.48. The van der Waals surface area contributed by atoms with Gasteiger partial charge in [-0.25, -0.2) is 4.79 Å². The van der Waals surface area contributed by atoms with E-state index >= 15 is 0 Å². The van der Waals surface area contributed by atoms with Crippen LogP contribution in [0, 0.1) is 11.8 Å². The van der Waals surface area contributed by atoms with Crippen LogP contribution in [-0.2, 0) is 69.2 Å². The fourth-order valence-electron chi connectivity index (χ4n) is 18.3. The summed E-state index contributed by atoms with van der Waals surface area (Å²) >= 11 is 4.99. The topological polar surface area (TPSA) is 176 Å². The number of allylic oxidation sites excluding steroid dienone is 2. The highest BCUT2D eigenvalue weighted by Gasteiger charge is 2.62. The Morgan fingerprint density at radius 1 is 0.446 bits per heavy atom. The fourth-order valence-corrected chi connectivity index (χ4v) is 28.0. The van der Waals surface area contributed by atoms with Gasteiger partial charge in [-0.15, -0.1) is 0 Å². The van der Waals surface area contributed by atoms with Crippen molar-refractivity contribution in [2.24, 2.45) is 11.8 Å². The highest BCUT2D eigenvalue weighted by Crippen LogP contribution is 2.54. The number of rotatable bonds is 38. The number of carbonyl (C=O) groups excluding carboxylic acids is 1. The van der Waals surface area contributed by atoms with Crippen LogP contribution in [0.4, 0.5) is 0 Å². The molecule has 8 fully saturated rings. The maximum Gasteiger partial charge on any atom is 0.338 e. The summed E-state index contributed by atoms with van der Waals surface area (Å²) in [6.07, 6.45) is 21.9. The molecule has 0 amide bonds. The van der Waals surface area contributed by atoms with Gasteiger partial charge < -0.3 is 74.3 Å². The summed E-state index contributed by atoms with van der Waals surface area (Å²) in [5.74, 6) is 0.497. The van der Waals surface area contributed by atoms with E-state index in [1.165, 1.54) is 11.1 Å². The molecule has 8 saturated heterocycles. The van der Waals surface area contributed by atoms with Gasteiger partial charge in [0.2, 0.25) is 0 Å². The summed E-state index contributed by atoms with van der Waals surface area (Å²) in [5.41, 5.74) is 2.36. The molecule has 8 heterocycles. The third-order valence-electron chi connectivity index (χ3n) is 33.4. The van der Waals surface area contributed by atoms with Gasteiger partial charge >= 0.3 is 5.97 Å². The molecule has 17 nitrogen and oxygen atoms in total. The summed E-state index contributed by atoms with van der Waals surface area (Å²) in [6, 6.07) is 9.31. The minimum Gasteiger partial charge on any atom is -0.455 e. The number of carbonyl (C=O) groups is 1. The number of esters is 1. The molecule has 1 aromatic rings. The van der Waals surface area contributed by atoms with Crippen LogP contribution in [0.25, 0.3) is 0 Å². The molecular weight excluding hydrogens is 1960 g/mol. The van der Waals surface area contributed by atoms with E-state index in [-0.39, 0.29) is 133 Å². The third kappa shape index (κ3) is 29.5. The molecule has 1 N–H and O–H groups in total. The van der Waals surface area contributed by atoms with E-state index in [1.54, 1.807) is 0 Å². The van der Waals surface area contributed by atoms with Crippen molar-refractivity contribution in [2.45, 2.75) is 549 Å². The van der Waals surface area contributed by atoms with Crippen molar-refractivity contribution in [3.63, 3.8) is 0 Å². The second kappa shape index (κ2) is 46.0. The highest BCUT2D eigenvalue weighted by molar-refractivity contribution is 14.1. The molecule has 0 spiro atoms. The molecule has 0 radical (unpaired) electrons. The molecule has 1 aromatic carbocycles. The van der Waals surface area contributed by atoms with Gasteiger partial charge in [0.25, 0.3) is 0 Å². The fraction of sp³-hybridized carbons (Fsp3) is 0.857. The predicted octanol–water partition coefficient (Wildman–Crippen LogP) is 28.0. The number of alkyl halides is 2. The summed E-state index contributed by atoms with van der Waals surface area (Å²) < 4.78 is 110. The minimum absolute atomic E-state index is 0.00936. The first-order valence-corrected chi connectivity index (χ1v) is 71.3. The van der Waals surface area contributed by atoms with Gasteiger partial charge in [0.15, 0.2) is 49.9 Å². The van der Waals surface area contributed by atoms with Gasteiger partial charge in [-0.05, 0) is 255 Å². The monoisotopic (exact) mass is 2150 g/mol. The van der Waals surface area contributed by atoms with Crippen LogP contribution in [-0.4, -0.2) is 215 Å². The first kappa shape index (κ1) is 115. The van der Waals surface area contributed by atoms with E-state index in [0.29, 0.717) is 30.2 Å². The molecule has 130 heavy (non-hydrogen) atoms. The summed E-state index contributed by atoms with van der Waals surface area (Å²) in [5, 5.41) is 11.5. The van der Waals surface area contributed by atoms with E-state index in [0.717, 1.165) is 124 Å². The van der Waals surface area contributed by atoms with Gasteiger partial charge in [0, 0.05) is 21.7 Å². The second-order valence-corrected chi connectivity index (χ2v) is 80.3. The Hall–Kier alpha value is -0.189. The Kier molecular flexibility index (Phi) is 40.7. The van der Waals surface area contributed by atoms with Crippen molar-refractivity contribution >= 4 is 101 Å². The summed E-state index contributed by atoms with van der Waals surface area (Å²) in [7, 11) is -14.4. The quantitative estimate of drug-likeness (QED) is 0.0217. The van der Waals surface area contributed by atoms with E-state index < -0.39 is 98.7 Å². The molecule has 0 bridgehead atoms. The van der Waals surface area contributed by atoms with Gasteiger partial charge in [0.05, 0.1) is 84.9 Å². The molecule has 750 valence electrons. The maximum atomic E-state index is 14.0. The largest absolute Gasteiger partial charge is 0.455 e. The van der Waals surface area contributed by atoms with Crippen molar-refractivity contribution < 1.29 is 79.1 Å². The molecule has 8 aliphatic rings. The van der Waals surface area contributed by atoms with Crippen molar-refractivity contribution in [3.8, 4) is 0 Å². The number of halogens is 2. The number of aliphatic hydroxyl groups is 1. The SMILES string of the molecule is C=C(C)[C@H](C)C[C@H]1CC[C@@H]2O[C@@H](CCC(/C=C/[C@H](O[Si](C)(C)C(C)(C)C)[C@@H]3O[C@H]4CC[C@H](CCC)O[C@@H]4[C@H](O[Si](C)(C)C(C)(C)C)[C@@H]3O[Si](C)(C)C(C)(C)C)OC(=O)c3ccccc3)C[C@]2(CI)O1.C=C(C)[C@H](C)C[C@H]1CC[C@@H]2O[C@@H](CCC(O)/C=C/[C@H](O[Si](C)(C)C(C)(C)C)[C@@H]3O[C@H]4CC[C@H](CCC)O[C@@H]4[C@H](O[Si](C)(C)C(C)(C)C)[C@@H]3O[Si](C)(C)C(C)(C)C)C[C@]2(CI)O1. The molecule has 9 rings (SSSR count). The van der Waals surface area contributed by atoms with Gasteiger partial charge in [-0.1, -0.05) is 271 Å². The Morgan fingerprint density at radius 3 is 1.12 bits per heavy atom. The normalized spacial score (nSPS) is 32.2. The average Bonchev–Trinajstić information content (AvgIpc) is 1.13. The van der Waals surface area contributed by atoms with Gasteiger partial charge in [0.1, 0.15) is 66.1 Å². The Balaban J connectivity index is 0.000000323. The van der Waals surface area contributed by atoms with Crippen LogP contribution >= 0.6 is 45.2 Å². The first-order valence-electron chi connectivity index (χ1n) is 50.8. The highest BCUT2D eigenvalue weighted by atomic mass is 127. The van der Waals surface area contributed by atoms with Crippen LogP contribution in [0.15, 0.2) is 78.9 Å². The number of ether oxygens (including phenoxy) is 9. The molecular formula is C105H190I2O17Si6. The van der Waals surface area contributed by atoms with Crippen LogP contribution < -0.4 is 0 Å². The van der Waals surface area contributed by atoms with E-state index in [4.69, 9.17) is 69.2 Å². The van der Waals surface area contributed by atoms with Crippen molar-refractivity contribution in [2.75, 3.05) is 8.86 Å². The molecule has 0 aromatic heterocycles. The van der Waals surface area contributed by atoms with Crippen LogP contribution in [0.5, 0.6) is 0 Å². The zero-order valence-electron chi connectivity index (χ0n) is 88.8. The Morgan fingerprint density at radius 2 is 0.785 bits per heavy atom. The number of benzene rings is 1. The van der Waals surface area contributed by atoms with Crippen molar-refractivity contribution in [3.05, 3.63) is 84.5 Å². The molecule has 26 atom stereocenters. The van der Waals surface area contributed by atoms with Gasteiger partial charge in [-0.2, -0.15) is 0 Å². The second-order valence-electron chi connectivity index (χ2n) is 50.2. The standard InChI is InChI=1S/C56H97IO9Si3.C49H93IO8Si3/c1-20-24-41-29-32-45-48(60-41)50(65-68(16,17)54(8,9)10)51(66-69(18,19)55(11,12)13)49(62-45)46(64-67(14,15)53(5,6)7)33-30-42(61-52(58)40-25-22-21-23-26-40)27-28-44-36-56(37-57)47(59-44)34-31-43(63-56)35-39(4)38(2)3;1-20-21-36-25-28-39-42(53-36)44(57-60(16,17)47(8,9)10)45(58-61(18,19)48(11,12)13)43(54-39)40(56-59(14,15)46(5,6)7)27-23-35(51)22-24-38-31-49(32-50)41(52-38)29-26-37(55-49)30-34(4)33(2)3/h21-23,25-26,30,33,39,41-51H,2,20,24,27-29,31-32,34-37H2,1,3-19H3;23,27,34-45,51H,2,20-22,24-26,28-32H2,1,3-19H3/b33-30+;27-23+/t39-,41+,42?,43-,44+,45+,46+,47+,48+,49+,50+,51-,56-;34-,35?,36+,37-,38+,39+,40+,41+,42+,43+,44+,45-,49-/m11/s1. The zero-order valence-corrected chi connectivity index (χ0v) is 99.1. The molecule has 2 unspecified atom stereocenters. The first-order chi connectivity index (χ1) is 59.7. The lowest BCUT2D eigenvalue weighted by Gasteiger charge is -2.56. The summed E-state index contributed by atoms with van der Waals surface area (Å²) in [6.45, 7) is 91.0. The van der Waals surface area contributed by atoms with Crippen LogP contribution in [0.2, 0.25) is 109 Å². The maximum absolute atomic E-state index is 14.0. The third-order valence-corrected chi connectivity index (χ3v) is 62.9. The van der Waals surface area contributed by atoms with E-state index in [9.17, 15) is 9.90 Å². The molecule has 0 aliphatic carbocycles. The molecule has 25 heteroatoms. The lowest BCUT2D eigenvalue weighted by Crippen LogP contribution is -2.69. The van der Waals surface area contributed by atoms with E-state index in [2.05, 4.69) is 321 Å². The summed E-state index contributed by atoms with van der Waals surface area (Å²) in [4.78, 5) is 14.0. The van der Waals surface area contributed by atoms with Crippen molar-refractivity contribution in [1.82, 2.24) is 0 Å². The van der Waals surface area contributed by atoms with Crippen molar-refractivity contribution in [1.29, 1.82) is 0 Å². The van der Waals surface area contributed by atoms with Crippen LogP contribution in [0.1, 0.15) is 305 Å². The smallest absolute Gasteiger partial charge is 0.338 e. The van der Waals surface area contributed by atoms with Gasteiger partial charge in [-0.3, -0.25) is 0 Å². The van der Waals surface area contributed by atoms with Crippen LogP contribution in [0.3, 0.4) is 0 Å². The number of fused-ring (bicyclic) bond motifs is 4. The number of hydrogen-bond donors (Lipinski definition) is 1. The number of hydrogen-bond acceptors (Lipinski definition) is 17. The molecule has 0 saturated carbocycles. The average molecular weight is 2150 g/mol.